The van der Waals surface area contributed by atoms with Crippen molar-refractivity contribution >= 4 is 17.6 Å². The van der Waals surface area contributed by atoms with Crippen LogP contribution in [0.1, 0.15) is 26.2 Å². The number of esters is 1. The molecule has 1 saturated heterocycles. The van der Waals surface area contributed by atoms with E-state index in [9.17, 15) is 9.59 Å². The maximum atomic E-state index is 11.6. The Morgan fingerprint density at radius 1 is 1.30 bits per heavy atom. The molecule has 0 spiro atoms. The number of anilines is 1. The van der Waals surface area contributed by atoms with Gasteiger partial charge in [0, 0.05) is 18.7 Å². The zero-order chi connectivity index (χ0) is 14.4. The van der Waals surface area contributed by atoms with Gasteiger partial charge in [-0.05, 0) is 37.1 Å². The zero-order valence-corrected chi connectivity index (χ0v) is 11.6. The van der Waals surface area contributed by atoms with Crippen LogP contribution in [0.4, 0.5) is 5.69 Å². The van der Waals surface area contributed by atoms with E-state index in [0.717, 1.165) is 25.1 Å². The largest absolute Gasteiger partial charge is 0.482 e. The van der Waals surface area contributed by atoms with Gasteiger partial charge >= 0.3 is 5.97 Å². The summed E-state index contributed by atoms with van der Waals surface area (Å²) in [6.45, 7) is 3.02. The first-order chi connectivity index (χ1) is 9.70. The molecule has 1 fully saturated rings. The van der Waals surface area contributed by atoms with Gasteiger partial charge in [-0.15, -0.1) is 0 Å². The molecule has 1 aromatic carbocycles. The van der Waals surface area contributed by atoms with Crippen molar-refractivity contribution in [2.75, 3.05) is 24.7 Å². The molecule has 0 radical (unpaired) electrons. The van der Waals surface area contributed by atoms with Gasteiger partial charge in [0.05, 0.1) is 6.61 Å². The third-order valence-electron chi connectivity index (χ3n) is 3.05. The summed E-state index contributed by atoms with van der Waals surface area (Å²) in [6, 6.07) is 7.17. The smallest absolute Gasteiger partial charge is 0.344 e. The van der Waals surface area contributed by atoms with Gasteiger partial charge < -0.3 is 14.4 Å². The Kier molecular flexibility index (Phi) is 4.98. The first-order valence-corrected chi connectivity index (χ1v) is 6.89. The number of hydrogen-bond acceptors (Lipinski definition) is 4. The van der Waals surface area contributed by atoms with Crippen LogP contribution in [-0.4, -0.2) is 31.6 Å². The SMILES string of the molecule is CCCOC(=O)COc1ccc(N2CCCC2=O)cc1. The molecule has 5 nitrogen and oxygen atoms in total. The number of rotatable bonds is 6. The first-order valence-electron chi connectivity index (χ1n) is 6.89. The molecule has 1 amide bonds. The van der Waals surface area contributed by atoms with Crippen molar-refractivity contribution in [2.45, 2.75) is 26.2 Å². The number of carbonyl (C=O) groups excluding carboxylic acids is 2. The van der Waals surface area contributed by atoms with Crippen LogP contribution in [0.5, 0.6) is 5.75 Å². The quantitative estimate of drug-likeness (QED) is 0.748. The monoisotopic (exact) mass is 277 g/mol. The first kappa shape index (κ1) is 14.4. The minimum Gasteiger partial charge on any atom is -0.482 e. The Morgan fingerprint density at radius 2 is 2.05 bits per heavy atom. The second-order valence-corrected chi connectivity index (χ2v) is 4.65. The van der Waals surface area contributed by atoms with E-state index < -0.39 is 0 Å². The molecule has 0 aliphatic carbocycles. The number of hydrogen-bond donors (Lipinski definition) is 0. The number of benzene rings is 1. The summed E-state index contributed by atoms with van der Waals surface area (Å²) in [5, 5.41) is 0. The maximum absolute atomic E-state index is 11.6. The fourth-order valence-corrected chi connectivity index (χ4v) is 2.04. The van der Waals surface area contributed by atoms with E-state index in [1.807, 2.05) is 19.1 Å². The highest BCUT2D eigenvalue weighted by Crippen LogP contribution is 2.23. The van der Waals surface area contributed by atoms with Crippen LogP contribution in [0.3, 0.4) is 0 Å². The normalized spacial score (nSPS) is 14.4. The molecule has 108 valence electrons. The van der Waals surface area contributed by atoms with E-state index in [2.05, 4.69) is 0 Å². The third-order valence-corrected chi connectivity index (χ3v) is 3.05. The van der Waals surface area contributed by atoms with Crippen LogP contribution in [0, 0.1) is 0 Å². The molecule has 0 atom stereocenters. The standard InChI is InChI=1S/C15H19NO4/c1-2-10-19-15(18)11-20-13-7-5-12(6-8-13)16-9-3-4-14(16)17/h5-8H,2-4,9-11H2,1H3. The molecule has 20 heavy (non-hydrogen) atoms. The van der Waals surface area contributed by atoms with Crippen molar-refractivity contribution in [3.05, 3.63) is 24.3 Å². The second kappa shape index (κ2) is 6.93. The highest BCUT2D eigenvalue weighted by atomic mass is 16.6. The van der Waals surface area contributed by atoms with Crippen LogP contribution in [-0.2, 0) is 14.3 Å². The average Bonchev–Trinajstić information content (AvgIpc) is 2.89. The Morgan fingerprint density at radius 3 is 2.65 bits per heavy atom. The second-order valence-electron chi connectivity index (χ2n) is 4.65. The lowest BCUT2D eigenvalue weighted by atomic mass is 10.3. The van der Waals surface area contributed by atoms with E-state index >= 15 is 0 Å². The Labute approximate surface area is 118 Å². The predicted molar refractivity (Wildman–Crippen MR) is 74.8 cm³/mol. The fraction of sp³-hybridized carbons (Fsp3) is 0.467. The number of amides is 1. The number of ether oxygens (including phenoxy) is 2. The van der Waals surface area contributed by atoms with Crippen LogP contribution < -0.4 is 9.64 Å². The van der Waals surface area contributed by atoms with E-state index in [1.165, 1.54) is 0 Å². The molecular formula is C15H19NO4. The van der Waals surface area contributed by atoms with E-state index in [-0.39, 0.29) is 18.5 Å². The van der Waals surface area contributed by atoms with Crippen molar-refractivity contribution in [3.8, 4) is 5.75 Å². The highest BCUT2D eigenvalue weighted by molar-refractivity contribution is 5.95. The van der Waals surface area contributed by atoms with Gasteiger partial charge in [0.1, 0.15) is 5.75 Å². The van der Waals surface area contributed by atoms with Crippen molar-refractivity contribution < 1.29 is 19.1 Å². The minimum absolute atomic E-state index is 0.0952. The fourth-order valence-electron chi connectivity index (χ4n) is 2.04. The van der Waals surface area contributed by atoms with Gasteiger partial charge in [0.15, 0.2) is 6.61 Å². The van der Waals surface area contributed by atoms with Gasteiger partial charge in [-0.2, -0.15) is 0 Å². The van der Waals surface area contributed by atoms with Crippen molar-refractivity contribution in [1.29, 1.82) is 0 Å². The molecular weight excluding hydrogens is 258 g/mol. The molecule has 0 saturated carbocycles. The molecule has 0 unspecified atom stereocenters. The Bertz CT molecular complexity index is 469. The average molecular weight is 277 g/mol. The molecule has 1 aliphatic rings. The number of nitrogens with zero attached hydrogens (tertiary/aromatic N) is 1. The Hall–Kier alpha value is -2.04. The number of carbonyl (C=O) groups is 2. The lowest BCUT2D eigenvalue weighted by molar-refractivity contribution is -0.146. The summed E-state index contributed by atoms with van der Waals surface area (Å²) in [7, 11) is 0. The zero-order valence-electron chi connectivity index (χ0n) is 11.6. The highest BCUT2D eigenvalue weighted by Gasteiger charge is 2.21. The van der Waals surface area contributed by atoms with E-state index in [0.29, 0.717) is 18.8 Å². The minimum atomic E-state index is -0.370. The van der Waals surface area contributed by atoms with Crippen LogP contribution in [0.2, 0.25) is 0 Å². The summed E-state index contributed by atoms with van der Waals surface area (Å²) in [5.74, 6) is 0.376. The lowest BCUT2D eigenvalue weighted by Gasteiger charge is -2.16. The summed E-state index contributed by atoms with van der Waals surface area (Å²) in [5.41, 5.74) is 0.869. The van der Waals surface area contributed by atoms with Gasteiger partial charge in [-0.1, -0.05) is 6.92 Å². The van der Waals surface area contributed by atoms with Crippen molar-refractivity contribution in [1.82, 2.24) is 0 Å². The summed E-state index contributed by atoms with van der Waals surface area (Å²) in [6.07, 6.45) is 2.31. The molecule has 5 heteroatoms. The van der Waals surface area contributed by atoms with Crippen molar-refractivity contribution in [3.63, 3.8) is 0 Å². The maximum Gasteiger partial charge on any atom is 0.344 e. The molecule has 2 rings (SSSR count). The van der Waals surface area contributed by atoms with Gasteiger partial charge in [-0.25, -0.2) is 4.79 Å². The van der Waals surface area contributed by atoms with E-state index in [1.54, 1.807) is 17.0 Å². The summed E-state index contributed by atoms with van der Waals surface area (Å²) < 4.78 is 10.2. The topological polar surface area (TPSA) is 55.8 Å². The molecule has 0 aromatic heterocycles. The summed E-state index contributed by atoms with van der Waals surface area (Å²) >= 11 is 0. The third kappa shape index (κ3) is 3.73. The summed E-state index contributed by atoms with van der Waals surface area (Å²) in [4.78, 5) is 24.7. The van der Waals surface area contributed by atoms with Crippen LogP contribution >= 0.6 is 0 Å². The molecule has 1 heterocycles. The van der Waals surface area contributed by atoms with Crippen molar-refractivity contribution in [2.24, 2.45) is 0 Å². The lowest BCUT2D eigenvalue weighted by Crippen LogP contribution is -2.23. The molecule has 1 aromatic rings. The molecule has 1 aliphatic heterocycles. The van der Waals surface area contributed by atoms with Gasteiger partial charge in [-0.3, -0.25) is 4.79 Å². The predicted octanol–water partition coefficient (Wildman–Crippen LogP) is 2.15. The Balaban J connectivity index is 1.85. The van der Waals surface area contributed by atoms with E-state index in [4.69, 9.17) is 9.47 Å². The molecule has 0 bridgehead atoms. The van der Waals surface area contributed by atoms with Crippen LogP contribution in [0.15, 0.2) is 24.3 Å². The molecule has 0 N–H and O–H groups in total. The van der Waals surface area contributed by atoms with Crippen LogP contribution in [0.25, 0.3) is 0 Å². The van der Waals surface area contributed by atoms with Gasteiger partial charge in [0.2, 0.25) is 5.91 Å². The van der Waals surface area contributed by atoms with Gasteiger partial charge in [0.25, 0.3) is 0 Å².